The minimum Gasteiger partial charge on any atom is -0.478 e. The van der Waals surface area contributed by atoms with E-state index in [1.165, 1.54) is 12.0 Å². The number of hydrogen-bond acceptors (Lipinski definition) is 4. The van der Waals surface area contributed by atoms with Gasteiger partial charge in [-0.1, -0.05) is 24.3 Å². The van der Waals surface area contributed by atoms with Gasteiger partial charge in [-0.15, -0.1) is 0 Å². The molecule has 0 bridgehead atoms. The van der Waals surface area contributed by atoms with E-state index >= 15 is 0 Å². The summed E-state index contributed by atoms with van der Waals surface area (Å²) in [5, 5.41) is 1.33. The first-order valence-corrected chi connectivity index (χ1v) is 9.00. The fraction of sp³-hybridized carbons (Fsp3) is 0.273. The predicted octanol–water partition coefficient (Wildman–Crippen LogP) is 2.99. The first kappa shape index (κ1) is 19.6. The molecule has 0 aliphatic carbocycles. The van der Waals surface area contributed by atoms with Gasteiger partial charge in [-0.3, -0.25) is 9.59 Å². The standard InChI is InChI=1S/C22H24N2O4/c1-14-7-5-6-8-16(14)19-12-23-21(25)18-11-15(9-10-17(18)19)28-20(13-27-4)22(26)24(2)3/h5-12,20H,13H2,1-4H3,(H,23,25). The molecule has 146 valence electrons. The second-order valence-electron chi connectivity index (χ2n) is 6.85. The molecule has 3 aromatic rings. The Morgan fingerprint density at radius 2 is 1.86 bits per heavy atom. The number of ether oxygens (including phenoxy) is 2. The number of hydrogen-bond donors (Lipinski definition) is 1. The highest BCUT2D eigenvalue weighted by molar-refractivity contribution is 5.97. The van der Waals surface area contributed by atoms with Gasteiger partial charge in [0.25, 0.3) is 11.5 Å². The fourth-order valence-electron chi connectivity index (χ4n) is 3.17. The molecule has 6 heteroatoms. The lowest BCUT2D eigenvalue weighted by molar-refractivity contribution is -0.138. The van der Waals surface area contributed by atoms with Crippen LogP contribution in [-0.4, -0.2) is 49.7 Å². The lowest BCUT2D eigenvalue weighted by Gasteiger charge is -2.21. The van der Waals surface area contributed by atoms with Gasteiger partial charge >= 0.3 is 0 Å². The van der Waals surface area contributed by atoms with E-state index in [2.05, 4.69) is 4.98 Å². The maximum absolute atomic E-state index is 12.4. The summed E-state index contributed by atoms with van der Waals surface area (Å²) in [5.74, 6) is 0.238. The topological polar surface area (TPSA) is 71.6 Å². The third-order valence-electron chi connectivity index (χ3n) is 4.62. The third kappa shape index (κ3) is 3.92. The van der Waals surface area contributed by atoms with Crippen molar-refractivity contribution in [3.63, 3.8) is 0 Å². The number of H-pyrrole nitrogens is 1. The van der Waals surface area contributed by atoms with Crippen LogP contribution in [0.3, 0.4) is 0 Å². The molecular weight excluding hydrogens is 356 g/mol. The molecule has 1 N–H and O–H groups in total. The molecule has 3 rings (SSSR count). The van der Waals surface area contributed by atoms with Crippen LogP contribution in [0.1, 0.15) is 5.56 Å². The number of aryl methyl sites for hydroxylation is 1. The Kier molecular flexibility index (Phi) is 5.80. The molecule has 0 fully saturated rings. The van der Waals surface area contributed by atoms with Crippen LogP contribution in [0.2, 0.25) is 0 Å². The molecule has 0 aliphatic rings. The number of aromatic nitrogens is 1. The van der Waals surface area contributed by atoms with Crippen LogP contribution in [0.4, 0.5) is 0 Å². The Bertz CT molecular complexity index is 1060. The van der Waals surface area contributed by atoms with Gasteiger partial charge in [0.05, 0.1) is 12.0 Å². The monoisotopic (exact) mass is 380 g/mol. The smallest absolute Gasteiger partial charge is 0.265 e. The van der Waals surface area contributed by atoms with Crippen molar-refractivity contribution in [1.29, 1.82) is 0 Å². The number of methoxy groups -OCH3 is 1. The van der Waals surface area contributed by atoms with Crippen molar-refractivity contribution in [3.8, 4) is 16.9 Å². The van der Waals surface area contributed by atoms with Crippen molar-refractivity contribution in [2.45, 2.75) is 13.0 Å². The van der Waals surface area contributed by atoms with Crippen LogP contribution in [-0.2, 0) is 9.53 Å². The van der Waals surface area contributed by atoms with Crippen molar-refractivity contribution in [3.05, 3.63) is 64.6 Å². The summed E-state index contributed by atoms with van der Waals surface area (Å²) in [6.45, 7) is 2.15. The summed E-state index contributed by atoms with van der Waals surface area (Å²) < 4.78 is 10.9. The molecule has 0 saturated heterocycles. The Morgan fingerprint density at radius 1 is 1.11 bits per heavy atom. The van der Waals surface area contributed by atoms with Crippen molar-refractivity contribution < 1.29 is 14.3 Å². The normalized spacial score (nSPS) is 12.0. The minimum absolute atomic E-state index is 0.120. The lowest BCUT2D eigenvalue weighted by atomic mass is 9.97. The highest BCUT2D eigenvalue weighted by Gasteiger charge is 2.22. The predicted molar refractivity (Wildman–Crippen MR) is 110 cm³/mol. The average molecular weight is 380 g/mol. The first-order valence-electron chi connectivity index (χ1n) is 9.00. The molecule has 1 heterocycles. The quantitative estimate of drug-likeness (QED) is 0.714. The van der Waals surface area contributed by atoms with Gasteiger partial charge in [0.2, 0.25) is 0 Å². The van der Waals surface area contributed by atoms with Gasteiger partial charge in [0.1, 0.15) is 5.75 Å². The van der Waals surface area contributed by atoms with Gasteiger partial charge in [0, 0.05) is 33.0 Å². The zero-order chi connectivity index (χ0) is 20.3. The van der Waals surface area contributed by atoms with Crippen LogP contribution < -0.4 is 10.3 Å². The zero-order valence-corrected chi connectivity index (χ0v) is 16.5. The van der Waals surface area contributed by atoms with E-state index in [0.29, 0.717) is 11.1 Å². The number of carbonyl (C=O) groups is 1. The molecular formula is C22H24N2O4. The van der Waals surface area contributed by atoms with Crippen molar-refractivity contribution in [2.24, 2.45) is 0 Å². The molecule has 1 unspecified atom stereocenters. The van der Waals surface area contributed by atoms with E-state index in [9.17, 15) is 9.59 Å². The third-order valence-corrected chi connectivity index (χ3v) is 4.62. The molecule has 2 aromatic carbocycles. The van der Waals surface area contributed by atoms with Crippen molar-refractivity contribution in [2.75, 3.05) is 27.8 Å². The van der Waals surface area contributed by atoms with Crippen LogP contribution in [0, 0.1) is 6.92 Å². The summed E-state index contributed by atoms with van der Waals surface area (Å²) in [4.78, 5) is 29.0. The number of pyridine rings is 1. The van der Waals surface area contributed by atoms with Gasteiger partial charge in [-0.05, 0) is 41.6 Å². The van der Waals surface area contributed by atoms with Gasteiger partial charge in [-0.25, -0.2) is 0 Å². The molecule has 0 spiro atoms. The van der Waals surface area contributed by atoms with Gasteiger partial charge in [0.15, 0.2) is 6.10 Å². The number of nitrogens with zero attached hydrogens (tertiary/aromatic N) is 1. The van der Waals surface area contributed by atoms with E-state index in [-0.39, 0.29) is 18.1 Å². The van der Waals surface area contributed by atoms with Gasteiger partial charge in [-0.2, -0.15) is 0 Å². The second-order valence-corrected chi connectivity index (χ2v) is 6.85. The minimum atomic E-state index is -0.781. The van der Waals surface area contributed by atoms with Crippen LogP contribution >= 0.6 is 0 Å². The molecule has 28 heavy (non-hydrogen) atoms. The van der Waals surface area contributed by atoms with E-state index in [0.717, 1.165) is 22.1 Å². The summed E-state index contributed by atoms with van der Waals surface area (Å²) in [6, 6.07) is 13.3. The summed E-state index contributed by atoms with van der Waals surface area (Å²) in [6.07, 6.45) is 0.952. The van der Waals surface area contributed by atoms with Gasteiger partial charge < -0.3 is 19.4 Å². The fourth-order valence-corrected chi connectivity index (χ4v) is 3.17. The molecule has 0 radical (unpaired) electrons. The molecule has 1 aromatic heterocycles. The molecule has 1 amide bonds. The van der Waals surface area contributed by atoms with Crippen LogP contribution in [0.15, 0.2) is 53.5 Å². The lowest BCUT2D eigenvalue weighted by Crippen LogP contribution is -2.40. The van der Waals surface area contributed by atoms with Crippen molar-refractivity contribution >= 4 is 16.7 Å². The van der Waals surface area contributed by atoms with Crippen LogP contribution in [0.5, 0.6) is 5.75 Å². The number of likely N-dealkylation sites (N-methyl/N-ethyl adjacent to an activating group) is 1. The number of rotatable bonds is 6. The second kappa shape index (κ2) is 8.27. The number of fused-ring (bicyclic) bond motifs is 1. The van der Waals surface area contributed by atoms with E-state index in [1.807, 2.05) is 37.3 Å². The highest BCUT2D eigenvalue weighted by atomic mass is 16.5. The summed E-state index contributed by atoms with van der Waals surface area (Å²) >= 11 is 0. The SMILES string of the molecule is COCC(Oc1ccc2c(-c3ccccc3C)c[nH]c(=O)c2c1)C(=O)N(C)C. The molecule has 0 aliphatic heterocycles. The Morgan fingerprint density at radius 3 is 2.54 bits per heavy atom. The van der Waals surface area contributed by atoms with Crippen LogP contribution in [0.25, 0.3) is 21.9 Å². The molecule has 1 atom stereocenters. The highest BCUT2D eigenvalue weighted by Crippen LogP contribution is 2.30. The maximum Gasteiger partial charge on any atom is 0.265 e. The number of benzene rings is 2. The maximum atomic E-state index is 12.4. The Balaban J connectivity index is 2.05. The zero-order valence-electron chi connectivity index (χ0n) is 16.5. The Labute approximate surface area is 163 Å². The molecule has 6 nitrogen and oxygen atoms in total. The summed E-state index contributed by atoms with van der Waals surface area (Å²) in [7, 11) is 4.83. The van der Waals surface area contributed by atoms with Crippen molar-refractivity contribution in [1.82, 2.24) is 9.88 Å². The van der Waals surface area contributed by atoms with E-state index in [4.69, 9.17) is 9.47 Å². The van der Waals surface area contributed by atoms with E-state index in [1.54, 1.807) is 32.4 Å². The number of carbonyl (C=O) groups excluding carboxylic acids is 1. The largest absolute Gasteiger partial charge is 0.478 e. The Hall–Kier alpha value is -3.12. The first-order chi connectivity index (χ1) is 13.4. The van der Waals surface area contributed by atoms with E-state index < -0.39 is 6.10 Å². The number of amides is 1. The number of aromatic amines is 1. The average Bonchev–Trinajstić information content (AvgIpc) is 2.68. The summed E-state index contributed by atoms with van der Waals surface area (Å²) in [5.41, 5.74) is 2.91. The molecule has 0 saturated carbocycles. The number of nitrogens with one attached hydrogen (secondary N) is 1.